The van der Waals surface area contributed by atoms with Gasteiger partial charge >= 0.3 is 11.9 Å². The third-order valence-corrected chi connectivity index (χ3v) is 5.37. The van der Waals surface area contributed by atoms with Crippen molar-refractivity contribution in [2.45, 2.75) is 0 Å². The van der Waals surface area contributed by atoms with Gasteiger partial charge in [0.05, 0.1) is 28.2 Å². The van der Waals surface area contributed by atoms with Crippen LogP contribution in [0.4, 0.5) is 5.69 Å². The Hall–Kier alpha value is -4.21. The van der Waals surface area contributed by atoms with Gasteiger partial charge in [-0.05, 0) is 54.1 Å². The molecule has 0 spiro atoms. The minimum atomic E-state index is -0.764. The summed E-state index contributed by atoms with van der Waals surface area (Å²) in [4.78, 5) is 39.3. The number of rotatable bonds is 6. The Morgan fingerprint density at radius 3 is 2.49 bits per heavy atom. The highest BCUT2D eigenvalue weighted by Crippen LogP contribution is 2.31. The maximum absolute atomic E-state index is 12.4. The lowest BCUT2D eigenvalue weighted by Gasteiger charge is -2.10. The molecule has 3 aromatic rings. The van der Waals surface area contributed by atoms with Crippen LogP contribution in [0.25, 0.3) is 6.08 Å². The molecular formula is C24H14Cl2N2O7. The summed E-state index contributed by atoms with van der Waals surface area (Å²) in [6, 6.07) is 14.6. The van der Waals surface area contributed by atoms with Gasteiger partial charge in [0.1, 0.15) is 0 Å². The second-order valence-electron chi connectivity index (χ2n) is 7.06. The lowest BCUT2D eigenvalue weighted by molar-refractivity contribution is -0.384. The number of benzene rings is 3. The maximum Gasteiger partial charge on any atom is 0.363 e. The van der Waals surface area contributed by atoms with E-state index in [0.29, 0.717) is 16.1 Å². The topological polar surface area (TPSA) is 117 Å². The molecule has 0 aliphatic carbocycles. The molecule has 0 amide bonds. The number of nitro benzene ring substituents is 1. The van der Waals surface area contributed by atoms with E-state index >= 15 is 0 Å². The largest absolute Gasteiger partial charge is 0.493 e. The lowest BCUT2D eigenvalue weighted by Crippen LogP contribution is -2.09. The van der Waals surface area contributed by atoms with Gasteiger partial charge in [-0.15, -0.1) is 0 Å². The molecule has 3 aromatic carbocycles. The molecule has 1 aliphatic rings. The van der Waals surface area contributed by atoms with Crippen molar-refractivity contribution >= 4 is 52.8 Å². The van der Waals surface area contributed by atoms with Crippen LogP contribution in [-0.2, 0) is 9.53 Å². The summed E-state index contributed by atoms with van der Waals surface area (Å²) in [6.07, 6.45) is 1.42. The van der Waals surface area contributed by atoms with E-state index in [0.717, 1.165) is 0 Å². The summed E-state index contributed by atoms with van der Waals surface area (Å²) < 4.78 is 15.9. The van der Waals surface area contributed by atoms with Crippen molar-refractivity contribution in [2.75, 3.05) is 7.11 Å². The minimum absolute atomic E-state index is 0.0597. The number of carbonyl (C=O) groups excluding carboxylic acids is 2. The minimum Gasteiger partial charge on any atom is -0.493 e. The molecular weight excluding hydrogens is 499 g/mol. The van der Waals surface area contributed by atoms with Crippen molar-refractivity contribution in [3.05, 3.63) is 103 Å². The Morgan fingerprint density at radius 1 is 1.06 bits per heavy atom. The van der Waals surface area contributed by atoms with Crippen LogP contribution >= 0.6 is 23.2 Å². The standard InChI is InChI=1S/C24H14Cl2N2O7/c1-33-21-11-13(2-9-20(21)34-23(29)14-3-5-15(25)6-4-14)10-19-24(30)35-22(27-19)17-12-16(28(31)32)7-8-18(17)26/h2-12H,1H3/b19-10-. The Bertz CT molecular complexity index is 1420. The van der Waals surface area contributed by atoms with Crippen LogP contribution < -0.4 is 9.47 Å². The number of nitrogens with zero attached hydrogens (tertiary/aromatic N) is 2. The van der Waals surface area contributed by atoms with E-state index < -0.39 is 16.9 Å². The molecule has 0 fully saturated rings. The Morgan fingerprint density at radius 2 is 1.80 bits per heavy atom. The van der Waals surface area contributed by atoms with E-state index in [1.165, 1.54) is 49.6 Å². The first-order chi connectivity index (χ1) is 16.7. The van der Waals surface area contributed by atoms with Crippen LogP contribution in [0.1, 0.15) is 21.5 Å². The number of carbonyl (C=O) groups is 2. The number of methoxy groups -OCH3 is 1. The van der Waals surface area contributed by atoms with Gasteiger partial charge in [-0.2, -0.15) is 0 Å². The van der Waals surface area contributed by atoms with Crippen LogP contribution in [0.3, 0.4) is 0 Å². The molecule has 1 heterocycles. The summed E-state index contributed by atoms with van der Waals surface area (Å²) in [5.41, 5.74) is 0.623. The first kappa shape index (κ1) is 23.9. The van der Waals surface area contributed by atoms with Crippen molar-refractivity contribution < 1.29 is 28.7 Å². The smallest absolute Gasteiger partial charge is 0.363 e. The van der Waals surface area contributed by atoms with Crippen molar-refractivity contribution in [2.24, 2.45) is 4.99 Å². The van der Waals surface area contributed by atoms with Gasteiger partial charge in [0.15, 0.2) is 17.2 Å². The normalized spacial score (nSPS) is 13.9. The van der Waals surface area contributed by atoms with Crippen LogP contribution in [0, 0.1) is 10.1 Å². The Labute approximate surface area is 208 Å². The zero-order valence-electron chi connectivity index (χ0n) is 17.9. The lowest BCUT2D eigenvalue weighted by atomic mass is 10.1. The molecule has 0 unspecified atom stereocenters. The highest BCUT2D eigenvalue weighted by Gasteiger charge is 2.27. The maximum atomic E-state index is 12.4. The fourth-order valence-electron chi connectivity index (χ4n) is 3.08. The molecule has 0 aromatic heterocycles. The van der Waals surface area contributed by atoms with E-state index in [1.54, 1.807) is 24.3 Å². The highest BCUT2D eigenvalue weighted by atomic mass is 35.5. The zero-order chi connectivity index (χ0) is 25.1. The fourth-order valence-corrected chi connectivity index (χ4v) is 3.40. The van der Waals surface area contributed by atoms with Gasteiger partial charge < -0.3 is 14.2 Å². The van der Waals surface area contributed by atoms with Gasteiger partial charge in [-0.3, -0.25) is 10.1 Å². The number of hydrogen-bond acceptors (Lipinski definition) is 8. The van der Waals surface area contributed by atoms with Crippen LogP contribution in [0.5, 0.6) is 11.5 Å². The second kappa shape index (κ2) is 9.96. The predicted octanol–water partition coefficient (Wildman–Crippen LogP) is 5.47. The van der Waals surface area contributed by atoms with Gasteiger partial charge in [0.25, 0.3) is 5.69 Å². The van der Waals surface area contributed by atoms with Crippen LogP contribution in [0.2, 0.25) is 10.0 Å². The van der Waals surface area contributed by atoms with E-state index in [4.69, 9.17) is 37.4 Å². The molecule has 176 valence electrons. The quantitative estimate of drug-likeness (QED) is 0.141. The summed E-state index contributed by atoms with van der Waals surface area (Å²) >= 11 is 11.9. The average molecular weight is 513 g/mol. The Balaban J connectivity index is 1.60. The van der Waals surface area contributed by atoms with Gasteiger partial charge in [-0.1, -0.05) is 29.3 Å². The summed E-state index contributed by atoms with van der Waals surface area (Å²) in [7, 11) is 1.40. The molecule has 11 heteroatoms. The predicted molar refractivity (Wildman–Crippen MR) is 128 cm³/mol. The SMILES string of the molecule is COc1cc(/C=C2\N=C(c3cc([N+](=O)[O-])ccc3Cl)OC2=O)ccc1OC(=O)c1ccc(Cl)cc1. The molecule has 1 aliphatic heterocycles. The third-order valence-electron chi connectivity index (χ3n) is 4.79. The summed E-state index contributed by atoms with van der Waals surface area (Å²) in [6.45, 7) is 0. The van der Waals surface area contributed by atoms with Crippen molar-refractivity contribution in [1.82, 2.24) is 0 Å². The first-order valence-electron chi connectivity index (χ1n) is 9.88. The van der Waals surface area contributed by atoms with Crippen LogP contribution in [-0.4, -0.2) is 29.9 Å². The molecule has 9 nitrogen and oxygen atoms in total. The number of esters is 2. The molecule has 0 saturated heterocycles. The molecule has 0 atom stereocenters. The van der Waals surface area contributed by atoms with E-state index in [2.05, 4.69) is 4.99 Å². The number of halogens is 2. The Kier molecular flexibility index (Phi) is 6.81. The summed E-state index contributed by atoms with van der Waals surface area (Å²) in [5, 5.41) is 11.7. The zero-order valence-corrected chi connectivity index (χ0v) is 19.4. The molecule has 0 bridgehead atoms. The number of aliphatic imine (C=N–C) groups is 1. The first-order valence-corrected chi connectivity index (χ1v) is 10.6. The number of nitro groups is 1. The van der Waals surface area contributed by atoms with Gasteiger partial charge in [0.2, 0.25) is 5.90 Å². The monoisotopic (exact) mass is 512 g/mol. The molecule has 0 saturated carbocycles. The highest BCUT2D eigenvalue weighted by molar-refractivity contribution is 6.34. The third kappa shape index (κ3) is 5.32. The van der Waals surface area contributed by atoms with E-state index in [1.807, 2.05) is 0 Å². The van der Waals surface area contributed by atoms with Crippen molar-refractivity contribution in [3.63, 3.8) is 0 Å². The molecule has 0 radical (unpaired) electrons. The number of hydrogen-bond donors (Lipinski definition) is 0. The van der Waals surface area contributed by atoms with Gasteiger partial charge in [0, 0.05) is 17.2 Å². The molecule has 35 heavy (non-hydrogen) atoms. The number of cyclic esters (lactones) is 1. The van der Waals surface area contributed by atoms with Gasteiger partial charge in [-0.25, -0.2) is 14.6 Å². The molecule has 4 rings (SSSR count). The van der Waals surface area contributed by atoms with Crippen molar-refractivity contribution in [1.29, 1.82) is 0 Å². The van der Waals surface area contributed by atoms with Crippen molar-refractivity contribution in [3.8, 4) is 11.5 Å². The molecule has 0 N–H and O–H groups in total. The number of ether oxygens (including phenoxy) is 3. The fraction of sp³-hybridized carbons (Fsp3) is 0.0417. The second-order valence-corrected chi connectivity index (χ2v) is 7.91. The van der Waals surface area contributed by atoms with Crippen LogP contribution in [0.15, 0.2) is 71.4 Å². The van der Waals surface area contributed by atoms with E-state index in [9.17, 15) is 19.7 Å². The van der Waals surface area contributed by atoms with E-state index in [-0.39, 0.29) is 39.4 Å². The average Bonchev–Trinajstić information content (AvgIpc) is 3.20. The number of non-ortho nitro benzene ring substituents is 1. The summed E-state index contributed by atoms with van der Waals surface area (Å²) in [5.74, 6) is -1.13.